The maximum atomic E-state index is 13.5. The van der Waals surface area contributed by atoms with E-state index in [0.29, 0.717) is 10.7 Å². The second-order valence-electron chi connectivity index (χ2n) is 7.97. The number of nitrogens with one attached hydrogen (secondary N) is 1. The molecule has 0 aromatic heterocycles. The van der Waals surface area contributed by atoms with Crippen LogP contribution >= 0.6 is 11.6 Å². The summed E-state index contributed by atoms with van der Waals surface area (Å²) >= 11 is 6.28. The van der Waals surface area contributed by atoms with E-state index < -0.39 is 10.0 Å². The van der Waals surface area contributed by atoms with Crippen molar-refractivity contribution in [2.45, 2.75) is 37.1 Å². The van der Waals surface area contributed by atoms with Crippen LogP contribution in [0.1, 0.15) is 35.6 Å². The van der Waals surface area contributed by atoms with E-state index in [2.05, 4.69) is 11.4 Å². The molecular formula is C25H25ClN2O3S. The molecule has 166 valence electrons. The van der Waals surface area contributed by atoms with E-state index in [4.69, 9.17) is 11.6 Å². The van der Waals surface area contributed by atoms with Crippen LogP contribution in [0.25, 0.3) is 0 Å². The van der Waals surface area contributed by atoms with Crippen LogP contribution in [0.5, 0.6) is 0 Å². The quantitative estimate of drug-likeness (QED) is 0.551. The van der Waals surface area contributed by atoms with Crippen molar-refractivity contribution in [1.82, 2.24) is 5.32 Å². The monoisotopic (exact) mass is 468 g/mol. The molecule has 0 bridgehead atoms. The number of carbonyl (C=O) groups excluding carboxylic acids is 1. The summed E-state index contributed by atoms with van der Waals surface area (Å²) in [6, 6.07) is 21.0. The zero-order valence-corrected chi connectivity index (χ0v) is 19.4. The highest BCUT2D eigenvalue weighted by Gasteiger charge is 2.29. The summed E-state index contributed by atoms with van der Waals surface area (Å²) < 4.78 is 28.0. The molecule has 1 aliphatic carbocycles. The van der Waals surface area contributed by atoms with Crippen molar-refractivity contribution in [3.8, 4) is 0 Å². The maximum Gasteiger partial charge on any atom is 0.264 e. The van der Waals surface area contributed by atoms with Crippen molar-refractivity contribution < 1.29 is 13.2 Å². The maximum absolute atomic E-state index is 13.5. The van der Waals surface area contributed by atoms with Crippen molar-refractivity contribution in [3.05, 3.63) is 94.5 Å². The first kappa shape index (κ1) is 22.4. The minimum absolute atomic E-state index is 0.118. The van der Waals surface area contributed by atoms with E-state index in [-0.39, 0.29) is 23.4 Å². The Kier molecular flexibility index (Phi) is 6.53. The van der Waals surface area contributed by atoms with E-state index in [1.54, 1.807) is 36.4 Å². The fourth-order valence-electron chi connectivity index (χ4n) is 4.05. The van der Waals surface area contributed by atoms with Gasteiger partial charge in [-0.05, 0) is 67.1 Å². The lowest BCUT2D eigenvalue weighted by atomic mass is 9.88. The highest BCUT2D eigenvalue weighted by molar-refractivity contribution is 7.92. The van der Waals surface area contributed by atoms with Gasteiger partial charge in [0.15, 0.2) is 0 Å². The summed E-state index contributed by atoms with van der Waals surface area (Å²) in [4.78, 5) is 13.2. The second kappa shape index (κ2) is 9.35. The van der Waals surface area contributed by atoms with Gasteiger partial charge in [-0.15, -0.1) is 0 Å². The summed E-state index contributed by atoms with van der Waals surface area (Å²) in [6.45, 7) is 1.50. The first-order valence-electron chi connectivity index (χ1n) is 10.6. The molecule has 5 nitrogen and oxygen atoms in total. The molecular weight excluding hydrogens is 444 g/mol. The molecule has 7 heteroatoms. The predicted molar refractivity (Wildman–Crippen MR) is 127 cm³/mol. The molecule has 3 aromatic rings. The number of benzene rings is 3. The normalized spacial score (nSPS) is 15.6. The molecule has 1 N–H and O–H groups in total. The number of rotatable bonds is 6. The molecule has 0 aliphatic heterocycles. The van der Waals surface area contributed by atoms with Crippen LogP contribution in [0.15, 0.2) is 77.7 Å². The predicted octanol–water partition coefficient (Wildman–Crippen LogP) is 5.04. The van der Waals surface area contributed by atoms with Crippen LogP contribution in [-0.4, -0.2) is 20.9 Å². The molecule has 0 saturated carbocycles. The summed E-state index contributed by atoms with van der Waals surface area (Å²) in [5, 5.41) is 3.49. The Morgan fingerprint density at radius 3 is 2.53 bits per heavy atom. The topological polar surface area (TPSA) is 66.5 Å². The molecule has 1 amide bonds. The highest BCUT2D eigenvalue weighted by atomic mass is 35.5. The number of nitrogens with zero attached hydrogens (tertiary/aromatic N) is 1. The fraction of sp³-hybridized carbons (Fsp3) is 0.240. The zero-order valence-electron chi connectivity index (χ0n) is 17.8. The molecule has 4 rings (SSSR count). The Balaban J connectivity index is 1.64. The van der Waals surface area contributed by atoms with Crippen LogP contribution in [-0.2, 0) is 21.2 Å². The van der Waals surface area contributed by atoms with Crippen LogP contribution < -0.4 is 9.62 Å². The van der Waals surface area contributed by atoms with E-state index >= 15 is 0 Å². The molecule has 0 fully saturated rings. The van der Waals surface area contributed by atoms with Gasteiger partial charge in [0, 0.05) is 5.02 Å². The number of sulfonamides is 1. The molecule has 1 atom stereocenters. The van der Waals surface area contributed by atoms with Crippen molar-refractivity contribution in [1.29, 1.82) is 0 Å². The first-order valence-corrected chi connectivity index (χ1v) is 12.4. The van der Waals surface area contributed by atoms with Crippen molar-refractivity contribution in [2.75, 3.05) is 10.8 Å². The average Bonchev–Trinajstić information content (AvgIpc) is 2.80. The SMILES string of the molecule is Cc1ccc(N(CC(=O)N[C@@H]2CCCc3ccccc32)S(=O)(=O)c2ccccc2)cc1Cl. The molecule has 3 aromatic carbocycles. The lowest BCUT2D eigenvalue weighted by Crippen LogP contribution is -2.42. The van der Waals surface area contributed by atoms with Gasteiger partial charge < -0.3 is 5.32 Å². The van der Waals surface area contributed by atoms with Gasteiger partial charge in [0.05, 0.1) is 16.6 Å². The molecule has 0 heterocycles. The Morgan fingerprint density at radius 1 is 1.06 bits per heavy atom. The Hall–Kier alpha value is -2.83. The summed E-state index contributed by atoms with van der Waals surface area (Å²) in [7, 11) is -3.97. The number of hydrogen-bond acceptors (Lipinski definition) is 3. The third-order valence-electron chi connectivity index (χ3n) is 5.77. The molecule has 0 radical (unpaired) electrons. The van der Waals surface area contributed by atoms with Gasteiger partial charge >= 0.3 is 0 Å². The average molecular weight is 469 g/mol. The van der Waals surface area contributed by atoms with Gasteiger partial charge in [-0.3, -0.25) is 9.10 Å². The molecule has 1 aliphatic rings. The van der Waals surface area contributed by atoms with Gasteiger partial charge in [0.2, 0.25) is 5.91 Å². The van der Waals surface area contributed by atoms with Crippen LogP contribution in [0.2, 0.25) is 5.02 Å². The second-order valence-corrected chi connectivity index (χ2v) is 10.2. The Morgan fingerprint density at radius 2 is 1.78 bits per heavy atom. The molecule has 0 spiro atoms. The van der Waals surface area contributed by atoms with E-state index in [1.165, 1.54) is 17.7 Å². The minimum atomic E-state index is -3.97. The van der Waals surface area contributed by atoms with Crippen LogP contribution in [0.4, 0.5) is 5.69 Å². The number of anilines is 1. The largest absolute Gasteiger partial charge is 0.348 e. The standard InChI is InChI=1S/C25H25ClN2O3S/c1-18-14-15-20(16-23(18)26)28(32(30,31)21-10-3-2-4-11-21)17-25(29)27-24-13-7-9-19-8-5-6-12-22(19)24/h2-6,8,10-12,14-16,24H,7,9,13,17H2,1H3,(H,27,29)/t24-/m1/s1. The van der Waals surface area contributed by atoms with Gasteiger partial charge in [0.1, 0.15) is 6.54 Å². The first-order chi connectivity index (χ1) is 15.4. The van der Waals surface area contributed by atoms with Crippen LogP contribution in [0.3, 0.4) is 0 Å². The lowest BCUT2D eigenvalue weighted by molar-refractivity contribution is -0.120. The third-order valence-corrected chi connectivity index (χ3v) is 7.96. The highest BCUT2D eigenvalue weighted by Crippen LogP contribution is 2.31. The fourth-order valence-corrected chi connectivity index (χ4v) is 5.65. The Bertz CT molecular complexity index is 1230. The number of aryl methyl sites for hydroxylation is 2. The molecule has 32 heavy (non-hydrogen) atoms. The van der Waals surface area contributed by atoms with E-state index in [9.17, 15) is 13.2 Å². The zero-order chi connectivity index (χ0) is 22.7. The van der Waals surface area contributed by atoms with Crippen LogP contribution in [0, 0.1) is 6.92 Å². The summed E-state index contributed by atoms with van der Waals surface area (Å²) in [6.07, 6.45) is 2.78. The van der Waals surface area contributed by atoms with E-state index in [1.807, 2.05) is 25.1 Å². The number of amides is 1. The molecule has 0 unspecified atom stereocenters. The van der Waals surface area contributed by atoms with Crippen molar-refractivity contribution >= 4 is 33.2 Å². The lowest BCUT2D eigenvalue weighted by Gasteiger charge is -2.29. The summed E-state index contributed by atoms with van der Waals surface area (Å²) in [5.74, 6) is -0.358. The minimum Gasteiger partial charge on any atom is -0.348 e. The van der Waals surface area contributed by atoms with Crippen molar-refractivity contribution in [3.63, 3.8) is 0 Å². The number of hydrogen-bond donors (Lipinski definition) is 1. The summed E-state index contributed by atoms with van der Waals surface area (Å²) in [5.41, 5.74) is 3.51. The van der Waals surface area contributed by atoms with Gasteiger partial charge in [-0.25, -0.2) is 8.42 Å². The number of fused-ring (bicyclic) bond motifs is 1. The van der Waals surface area contributed by atoms with Gasteiger partial charge in [-0.2, -0.15) is 0 Å². The van der Waals surface area contributed by atoms with E-state index in [0.717, 1.165) is 34.7 Å². The van der Waals surface area contributed by atoms with Gasteiger partial charge in [0.25, 0.3) is 10.0 Å². The van der Waals surface area contributed by atoms with Crippen molar-refractivity contribution in [2.24, 2.45) is 0 Å². The smallest absolute Gasteiger partial charge is 0.264 e. The van der Waals surface area contributed by atoms with Gasteiger partial charge in [-0.1, -0.05) is 60.1 Å². The third kappa shape index (κ3) is 4.66. The number of halogens is 1. The number of carbonyl (C=O) groups is 1. The molecule has 0 saturated heterocycles. The Labute approximate surface area is 194 Å².